The SMILES string of the molecule is Cc1sc(NC(=O)c2cccc(OCC3CCCO3)c2)nc1-c1ccc(F)c(F)c1. The van der Waals surface area contributed by atoms with E-state index in [4.69, 9.17) is 9.47 Å². The van der Waals surface area contributed by atoms with Crippen LogP contribution in [0.25, 0.3) is 11.3 Å². The van der Waals surface area contributed by atoms with E-state index in [0.717, 1.165) is 36.5 Å². The Morgan fingerprint density at radius 1 is 1.27 bits per heavy atom. The normalized spacial score (nSPS) is 15.9. The lowest BCUT2D eigenvalue weighted by Crippen LogP contribution is -2.16. The number of carbonyl (C=O) groups excluding carboxylic acids is 1. The van der Waals surface area contributed by atoms with Gasteiger partial charge in [-0.15, -0.1) is 11.3 Å². The summed E-state index contributed by atoms with van der Waals surface area (Å²) < 4.78 is 38.0. The van der Waals surface area contributed by atoms with Crippen LogP contribution < -0.4 is 10.1 Å². The first-order valence-corrected chi connectivity index (χ1v) is 10.4. The second-order valence-electron chi connectivity index (χ2n) is 6.98. The summed E-state index contributed by atoms with van der Waals surface area (Å²) in [7, 11) is 0. The van der Waals surface area contributed by atoms with Crippen molar-refractivity contribution in [3.63, 3.8) is 0 Å². The minimum absolute atomic E-state index is 0.0931. The van der Waals surface area contributed by atoms with Gasteiger partial charge in [0.1, 0.15) is 12.4 Å². The summed E-state index contributed by atoms with van der Waals surface area (Å²) in [6, 6.07) is 10.5. The topological polar surface area (TPSA) is 60.5 Å². The molecule has 8 heteroatoms. The molecule has 30 heavy (non-hydrogen) atoms. The van der Waals surface area contributed by atoms with Gasteiger partial charge in [0.15, 0.2) is 16.8 Å². The Hall–Kier alpha value is -2.84. The van der Waals surface area contributed by atoms with Crippen molar-refractivity contribution < 1.29 is 23.0 Å². The Bertz CT molecular complexity index is 1060. The lowest BCUT2D eigenvalue weighted by atomic mass is 10.1. The number of nitrogens with one attached hydrogen (secondary N) is 1. The maximum atomic E-state index is 13.5. The van der Waals surface area contributed by atoms with Crippen molar-refractivity contribution in [1.82, 2.24) is 4.98 Å². The molecular formula is C22H20F2N2O3S. The summed E-state index contributed by atoms with van der Waals surface area (Å²) in [4.78, 5) is 17.8. The monoisotopic (exact) mass is 430 g/mol. The molecule has 5 nitrogen and oxygen atoms in total. The number of aromatic nitrogens is 1. The number of halogens is 2. The highest BCUT2D eigenvalue weighted by Gasteiger charge is 2.17. The molecule has 3 aromatic rings. The second kappa shape index (κ2) is 8.89. The van der Waals surface area contributed by atoms with Crippen LogP contribution in [0, 0.1) is 18.6 Å². The fraction of sp³-hybridized carbons (Fsp3) is 0.273. The van der Waals surface area contributed by atoms with E-state index in [9.17, 15) is 13.6 Å². The van der Waals surface area contributed by atoms with E-state index in [1.165, 1.54) is 17.4 Å². The molecule has 0 bridgehead atoms. The first-order valence-electron chi connectivity index (χ1n) is 9.58. The third kappa shape index (κ3) is 4.66. The largest absolute Gasteiger partial charge is 0.491 e. The molecular weight excluding hydrogens is 410 g/mol. The van der Waals surface area contributed by atoms with Crippen molar-refractivity contribution in [2.75, 3.05) is 18.5 Å². The van der Waals surface area contributed by atoms with Gasteiger partial charge in [-0.25, -0.2) is 13.8 Å². The summed E-state index contributed by atoms with van der Waals surface area (Å²) in [6.45, 7) is 3.02. The van der Waals surface area contributed by atoms with Crippen LogP contribution in [0.1, 0.15) is 28.1 Å². The smallest absolute Gasteiger partial charge is 0.257 e. The molecule has 1 N–H and O–H groups in total. The minimum Gasteiger partial charge on any atom is -0.491 e. The Balaban J connectivity index is 1.45. The van der Waals surface area contributed by atoms with Crippen molar-refractivity contribution in [2.24, 2.45) is 0 Å². The molecule has 156 valence electrons. The van der Waals surface area contributed by atoms with Gasteiger partial charge in [-0.3, -0.25) is 10.1 Å². The fourth-order valence-electron chi connectivity index (χ4n) is 3.22. The first-order chi connectivity index (χ1) is 14.5. The number of thiazole rings is 1. The molecule has 2 aromatic carbocycles. The number of anilines is 1. The summed E-state index contributed by atoms with van der Waals surface area (Å²) in [6.07, 6.45) is 2.11. The number of aryl methyl sites for hydroxylation is 1. The quantitative estimate of drug-likeness (QED) is 0.583. The van der Waals surface area contributed by atoms with Crippen LogP contribution in [-0.4, -0.2) is 30.2 Å². The molecule has 4 rings (SSSR count). The van der Waals surface area contributed by atoms with Crippen LogP contribution in [-0.2, 0) is 4.74 Å². The molecule has 1 unspecified atom stereocenters. The third-order valence-corrected chi connectivity index (χ3v) is 5.65. The molecule has 1 aliphatic heterocycles. The van der Waals surface area contributed by atoms with Gasteiger partial charge in [-0.2, -0.15) is 0 Å². The highest BCUT2D eigenvalue weighted by atomic mass is 32.1. The lowest BCUT2D eigenvalue weighted by Gasteiger charge is -2.12. The van der Waals surface area contributed by atoms with Gasteiger partial charge in [0.2, 0.25) is 0 Å². The maximum absolute atomic E-state index is 13.5. The number of hydrogen-bond donors (Lipinski definition) is 1. The number of hydrogen-bond acceptors (Lipinski definition) is 5. The molecule has 0 saturated carbocycles. The zero-order valence-electron chi connectivity index (χ0n) is 16.3. The van der Waals surface area contributed by atoms with Crippen molar-refractivity contribution in [3.05, 3.63) is 64.5 Å². The van der Waals surface area contributed by atoms with Crippen LogP contribution in [0.3, 0.4) is 0 Å². The maximum Gasteiger partial charge on any atom is 0.257 e. The summed E-state index contributed by atoms with van der Waals surface area (Å²) in [5.41, 5.74) is 1.39. The highest BCUT2D eigenvalue weighted by molar-refractivity contribution is 7.16. The minimum atomic E-state index is -0.940. The zero-order valence-corrected chi connectivity index (χ0v) is 17.1. The van der Waals surface area contributed by atoms with E-state index >= 15 is 0 Å². The van der Waals surface area contributed by atoms with Gasteiger partial charge in [-0.1, -0.05) is 6.07 Å². The van der Waals surface area contributed by atoms with Crippen molar-refractivity contribution >= 4 is 22.4 Å². The Morgan fingerprint density at radius 3 is 2.90 bits per heavy atom. The molecule has 1 saturated heterocycles. The first kappa shape index (κ1) is 20.4. The average Bonchev–Trinajstić information content (AvgIpc) is 3.38. The van der Waals surface area contributed by atoms with Gasteiger partial charge in [0.05, 0.1) is 11.8 Å². The number of rotatable bonds is 6. The number of amides is 1. The van der Waals surface area contributed by atoms with E-state index in [1.807, 2.05) is 6.92 Å². The van der Waals surface area contributed by atoms with Crippen LogP contribution in [0.5, 0.6) is 5.75 Å². The standard InChI is InChI=1S/C22H20F2N2O3S/c1-13-20(14-7-8-18(23)19(24)11-14)25-22(30-13)26-21(27)15-4-2-5-16(10-15)29-12-17-6-3-9-28-17/h2,4-5,7-8,10-11,17H,3,6,9,12H2,1H3,(H,25,26,27). The van der Waals surface area contributed by atoms with Crippen molar-refractivity contribution in [2.45, 2.75) is 25.9 Å². The lowest BCUT2D eigenvalue weighted by molar-refractivity contribution is 0.0679. The van der Waals surface area contributed by atoms with E-state index in [1.54, 1.807) is 24.3 Å². The third-order valence-electron chi connectivity index (χ3n) is 4.77. The second-order valence-corrected chi connectivity index (χ2v) is 8.18. The number of benzene rings is 2. The molecule has 1 aliphatic rings. The summed E-state index contributed by atoms with van der Waals surface area (Å²) in [5, 5.41) is 3.14. The fourth-order valence-corrected chi connectivity index (χ4v) is 4.05. The summed E-state index contributed by atoms with van der Waals surface area (Å²) in [5.74, 6) is -1.59. The molecule has 1 aromatic heterocycles. The average molecular weight is 430 g/mol. The molecule has 0 spiro atoms. The van der Waals surface area contributed by atoms with Gasteiger partial charge in [-0.05, 0) is 56.2 Å². The number of nitrogens with zero attached hydrogens (tertiary/aromatic N) is 1. The van der Waals surface area contributed by atoms with E-state index < -0.39 is 11.6 Å². The van der Waals surface area contributed by atoms with Gasteiger partial charge < -0.3 is 9.47 Å². The highest BCUT2D eigenvalue weighted by Crippen LogP contribution is 2.31. The van der Waals surface area contributed by atoms with Crippen LogP contribution >= 0.6 is 11.3 Å². The Morgan fingerprint density at radius 2 is 2.13 bits per heavy atom. The number of carbonyl (C=O) groups is 1. The van der Waals surface area contributed by atoms with E-state index in [-0.39, 0.29) is 12.0 Å². The van der Waals surface area contributed by atoms with Crippen molar-refractivity contribution in [1.29, 1.82) is 0 Å². The van der Waals surface area contributed by atoms with Gasteiger partial charge in [0.25, 0.3) is 5.91 Å². The van der Waals surface area contributed by atoms with E-state index in [2.05, 4.69) is 10.3 Å². The molecule has 0 radical (unpaired) electrons. The van der Waals surface area contributed by atoms with Crippen LogP contribution in [0.2, 0.25) is 0 Å². The van der Waals surface area contributed by atoms with Crippen LogP contribution in [0.15, 0.2) is 42.5 Å². The Labute approximate surface area is 176 Å². The van der Waals surface area contributed by atoms with E-state index in [0.29, 0.717) is 34.3 Å². The van der Waals surface area contributed by atoms with Gasteiger partial charge in [0, 0.05) is 22.6 Å². The van der Waals surface area contributed by atoms with Crippen LogP contribution in [0.4, 0.5) is 13.9 Å². The Kier molecular flexibility index (Phi) is 6.06. The van der Waals surface area contributed by atoms with Crippen molar-refractivity contribution in [3.8, 4) is 17.0 Å². The summed E-state index contributed by atoms with van der Waals surface area (Å²) >= 11 is 1.27. The predicted octanol–water partition coefficient (Wildman–Crippen LogP) is 5.21. The van der Waals surface area contributed by atoms with Gasteiger partial charge >= 0.3 is 0 Å². The molecule has 1 atom stereocenters. The molecule has 0 aliphatic carbocycles. The number of ether oxygens (including phenoxy) is 2. The molecule has 1 amide bonds. The molecule has 2 heterocycles. The molecule has 1 fully saturated rings. The predicted molar refractivity (Wildman–Crippen MR) is 111 cm³/mol. The zero-order chi connectivity index (χ0) is 21.1.